The molecule has 0 aromatic heterocycles. The third-order valence-corrected chi connectivity index (χ3v) is 5.53. The summed E-state index contributed by atoms with van der Waals surface area (Å²) in [6.07, 6.45) is 19.1. The molecule has 0 aliphatic heterocycles. The van der Waals surface area contributed by atoms with Gasteiger partial charge in [0.05, 0.1) is 0 Å². The minimum atomic E-state index is 0. The average Bonchev–Trinajstić information content (AvgIpc) is 2.52. The average molecular weight is 378 g/mol. The standard InChI is InChI=1S/C20H43N.BrH/c1-5-9-10-11-12-13-14-15-16-17-18-19(6-2)20(21,7-3)8-4;/h19H,5-18,21H2,1-4H3;1H. The molecule has 2 N–H and O–H groups in total. The highest BCUT2D eigenvalue weighted by atomic mass is 79.9. The second kappa shape index (κ2) is 16.3. The summed E-state index contributed by atoms with van der Waals surface area (Å²) in [4.78, 5) is 0. The van der Waals surface area contributed by atoms with Crippen LogP contribution in [0.1, 0.15) is 118 Å². The van der Waals surface area contributed by atoms with Gasteiger partial charge in [-0.05, 0) is 25.2 Å². The topological polar surface area (TPSA) is 26.0 Å². The zero-order chi connectivity index (χ0) is 16.0. The van der Waals surface area contributed by atoms with Crippen LogP contribution in [0, 0.1) is 5.92 Å². The van der Waals surface area contributed by atoms with Crippen LogP contribution in [0.2, 0.25) is 0 Å². The summed E-state index contributed by atoms with van der Waals surface area (Å²) >= 11 is 0. The molecule has 0 fully saturated rings. The van der Waals surface area contributed by atoms with Crippen LogP contribution in [-0.4, -0.2) is 5.54 Å². The Morgan fingerprint density at radius 1 is 0.682 bits per heavy atom. The van der Waals surface area contributed by atoms with Gasteiger partial charge in [0.25, 0.3) is 0 Å². The molecule has 0 heterocycles. The molecule has 2 heteroatoms. The van der Waals surface area contributed by atoms with Crippen LogP contribution in [0.4, 0.5) is 0 Å². The lowest BCUT2D eigenvalue weighted by atomic mass is 9.76. The molecule has 1 nitrogen and oxygen atoms in total. The van der Waals surface area contributed by atoms with Crippen LogP contribution in [0.3, 0.4) is 0 Å². The third-order valence-electron chi connectivity index (χ3n) is 5.53. The summed E-state index contributed by atoms with van der Waals surface area (Å²) in [7, 11) is 0. The Kier molecular flexibility index (Phi) is 18.3. The minimum absolute atomic E-state index is 0. The van der Waals surface area contributed by atoms with Crippen molar-refractivity contribution in [3.05, 3.63) is 0 Å². The minimum Gasteiger partial charge on any atom is -0.325 e. The second-order valence-electron chi connectivity index (χ2n) is 7.02. The number of nitrogens with two attached hydrogens (primary N) is 1. The van der Waals surface area contributed by atoms with Gasteiger partial charge in [-0.15, -0.1) is 17.0 Å². The van der Waals surface area contributed by atoms with Gasteiger partial charge in [-0.1, -0.05) is 98.3 Å². The molecule has 0 rings (SSSR count). The maximum Gasteiger partial charge on any atom is 0.0177 e. The van der Waals surface area contributed by atoms with Gasteiger partial charge in [0.15, 0.2) is 0 Å². The molecule has 0 aromatic carbocycles. The molecule has 0 aliphatic rings. The lowest BCUT2D eigenvalue weighted by molar-refractivity contribution is 0.225. The summed E-state index contributed by atoms with van der Waals surface area (Å²) in [5.41, 5.74) is 6.66. The monoisotopic (exact) mass is 377 g/mol. The van der Waals surface area contributed by atoms with E-state index in [-0.39, 0.29) is 22.5 Å². The first-order valence-electron chi connectivity index (χ1n) is 9.93. The molecule has 0 bridgehead atoms. The largest absolute Gasteiger partial charge is 0.325 e. The Bertz CT molecular complexity index is 214. The van der Waals surface area contributed by atoms with Crippen LogP contribution < -0.4 is 5.73 Å². The Morgan fingerprint density at radius 2 is 1.09 bits per heavy atom. The van der Waals surface area contributed by atoms with Crippen molar-refractivity contribution in [1.29, 1.82) is 0 Å². The first-order valence-corrected chi connectivity index (χ1v) is 9.93. The molecule has 0 amide bonds. The molecular weight excluding hydrogens is 334 g/mol. The maximum absolute atomic E-state index is 6.57. The molecule has 22 heavy (non-hydrogen) atoms. The molecular formula is C20H44BrN. The number of hydrogen-bond acceptors (Lipinski definition) is 1. The van der Waals surface area contributed by atoms with E-state index in [4.69, 9.17) is 5.73 Å². The quantitative estimate of drug-likeness (QED) is 0.295. The first kappa shape index (κ1) is 24.7. The van der Waals surface area contributed by atoms with Gasteiger partial charge in [0, 0.05) is 5.54 Å². The Morgan fingerprint density at radius 3 is 1.45 bits per heavy atom. The lowest BCUT2D eigenvalue weighted by Crippen LogP contribution is -2.45. The van der Waals surface area contributed by atoms with Crippen LogP contribution in [0.15, 0.2) is 0 Å². The zero-order valence-electron chi connectivity index (χ0n) is 16.0. The molecule has 1 unspecified atom stereocenters. The fourth-order valence-corrected chi connectivity index (χ4v) is 3.60. The highest BCUT2D eigenvalue weighted by molar-refractivity contribution is 8.93. The third kappa shape index (κ3) is 11.0. The van der Waals surface area contributed by atoms with E-state index in [2.05, 4.69) is 27.7 Å². The van der Waals surface area contributed by atoms with Crippen LogP contribution in [0.25, 0.3) is 0 Å². The van der Waals surface area contributed by atoms with Crippen molar-refractivity contribution in [2.75, 3.05) is 0 Å². The lowest BCUT2D eigenvalue weighted by Gasteiger charge is -2.36. The first-order chi connectivity index (χ1) is 10.1. The highest BCUT2D eigenvalue weighted by Crippen LogP contribution is 2.30. The number of halogens is 1. The molecule has 0 saturated carbocycles. The molecule has 0 aromatic rings. The van der Waals surface area contributed by atoms with E-state index in [1.165, 1.54) is 77.0 Å². The highest BCUT2D eigenvalue weighted by Gasteiger charge is 2.29. The fourth-order valence-electron chi connectivity index (χ4n) is 3.60. The van der Waals surface area contributed by atoms with Crippen LogP contribution in [0.5, 0.6) is 0 Å². The van der Waals surface area contributed by atoms with Crippen molar-refractivity contribution in [2.24, 2.45) is 11.7 Å². The van der Waals surface area contributed by atoms with Crippen molar-refractivity contribution in [3.8, 4) is 0 Å². The van der Waals surface area contributed by atoms with Gasteiger partial charge < -0.3 is 5.73 Å². The van der Waals surface area contributed by atoms with E-state index in [0.29, 0.717) is 0 Å². The summed E-state index contributed by atoms with van der Waals surface area (Å²) in [6, 6.07) is 0. The normalized spacial score (nSPS) is 13.0. The second-order valence-corrected chi connectivity index (χ2v) is 7.02. The van der Waals surface area contributed by atoms with Crippen molar-refractivity contribution < 1.29 is 0 Å². The fraction of sp³-hybridized carbons (Fsp3) is 1.00. The van der Waals surface area contributed by atoms with Crippen molar-refractivity contribution >= 4 is 17.0 Å². The van der Waals surface area contributed by atoms with Gasteiger partial charge >= 0.3 is 0 Å². The zero-order valence-corrected chi connectivity index (χ0v) is 17.7. The Labute approximate surface area is 152 Å². The number of rotatable bonds is 15. The van der Waals surface area contributed by atoms with E-state index in [1.54, 1.807) is 0 Å². The van der Waals surface area contributed by atoms with Crippen molar-refractivity contribution in [2.45, 2.75) is 123 Å². The van der Waals surface area contributed by atoms with Gasteiger partial charge in [-0.3, -0.25) is 0 Å². The van der Waals surface area contributed by atoms with E-state index in [0.717, 1.165) is 18.8 Å². The molecule has 0 aliphatic carbocycles. The van der Waals surface area contributed by atoms with Crippen molar-refractivity contribution in [1.82, 2.24) is 0 Å². The summed E-state index contributed by atoms with van der Waals surface area (Å²) in [6.45, 7) is 9.11. The van der Waals surface area contributed by atoms with Gasteiger partial charge in [0.2, 0.25) is 0 Å². The number of unbranched alkanes of at least 4 members (excludes halogenated alkanes) is 9. The summed E-state index contributed by atoms with van der Waals surface area (Å²) < 4.78 is 0. The molecule has 0 radical (unpaired) electrons. The van der Waals surface area contributed by atoms with Gasteiger partial charge in [-0.25, -0.2) is 0 Å². The SMILES string of the molecule is Br.CCCCCCCCCCCCC(CC)C(N)(CC)CC. The smallest absolute Gasteiger partial charge is 0.0177 e. The van der Waals surface area contributed by atoms with E-state index < -0.39 is 0 Å². The van der Waals surface area contributed by atoms with Crippen LogP contribution in [-0.2, 0) is 0 Å². The molecule has 136 valence electrons. The van der Waals surface area contributed by atoms with Gasteiger partial charge in [0.1, 0.15) is 0 Å². The maximum atomic E-state index is 6.57. The molecule has 0 saturated heterocycles. The summed E-state index contributed by atoms with van der Waals surface area (Å²) in [5, 5.41) is 0. The van der Waals surface area contributed by atoms with Crippen molar-refractivity contribution in [3.63, 3.8) is 0 Å². The number of hydrogen-bond donors (Lipinski definition) is 1. The van der Waals surface area contributed by atoms with Gasteiger partial charge in [-0.2, -0.15) is 0 Å². The Balaban J connectivity index is 0. The van der Waals surface area contributed by atoms with Crippen LogP contribution >= 0.6 is 17.0 Å². The van der Waals surface area contributed by atoms with E-state index in [9.17, 15) is 0 Å². The predicted molar refractivity (Wildman–Crippen MR) is 108 cm³/mol. The molecule has 1 atom stereocenters. The van der Waals surface area contributed by atoms with E-state index in [1.807, 2.05) is 0 Å². The molecule has 0 spiro atoms. The Hall–Kier alpha value is 0.440. The van der Waals surface area contributed by atoms with E-state index >= 15 is 0 Å². The summed E-state index contributed by atoms with van der Waals surface area (Å²) in [5.74, 6) is 0.724. The predicted octanol–water partition coefficient (Wildman–Crippen LogP) is 7.42.